The molecule has 1 saturated heterocycles. The van der Waals surface area contributed by atoms with Crippen molar-refractivity contribution in [2.45, 2.75) is 46.1 Å². The summed E-state index contributed by atoms with van der Waals surface area (Å²) >= 11 is 6.31. The number of hydrogen-bond acceptors (Lipinski definition) is 4. The van der Waals surface area contributed by atoms with Crippen molar-refractivity contribution in [1.82, 2.24) is 20.2 Å². The first-order valence-electron chi connectivity index (χ1n) is 12.2. The molecule has 1 atom stereocenters. The van der Waals surface area contributed by atoms with Crippen LogP contribution in [0.2, 0.25) is 5.02 Å². The van der Waals surface area contributed by atoms with Crippen LogP contribution in [0.4, 0.5) is 0 Å². The summed E-state index contributed by atoms with van der Waals surface area (Å²) in [5.41, 5.74) is 7.05. The van der Waals surface area contributed by atoms with Gasteiger partial charge in [-0.2, -0.15) is 0 Å². The minimum atomic E-state index is 0.634. The molecule has 0 amide bonds. The van der Waals surface area contributed by atoms with E-state index in [0.29, 0.717) is 5.92 Å². The third-order valence-electron chi connectivity index (χ3n) is 6.76. The standard InChI is InChI=1S/C29H35ClN4/c1-21-9-12-25(13-10-21)27-17-32-29(33-18-27)14-11-22(2)31-16-24-6-5-15-34(19-24)20-26-7-4-8-28(30)23(26)3/h4,7-10,12-13,17-18,24,31H,2,5-6,11,14-16,19-20H2,1,3H3. The predicted molar refractivity (Wildman–Crippen MR) is 142 cm³/mol. The number of aromatic nitrogens is 2. The molecule has 4 nitrogen and oxygen atoms in total. The van der Waals surface area contributed by atoms with Crippen molar-refractivity contribution in [3.8, 4) is 11.1 Å². The SMILES string of the molecule is C=C(CCc1ncc(-c2ccc(C)cc2)cn1)NCC1CCCN(Cc2cccc(Cl)c2C)C1. The Bertz CT molecular complexity index is 1090. The molecule has 1 unspecified atom stereocenters. The molecule has 34 heavy (non-hydrogen) atoms. The summed E-state index contributed by atoms with van der Waals surface area (Å²) in [7, 11) is 0. The zero-order chi connectivity index (χ0) is 23.9. The van der Waals surface area contributed by atoms with E-state index in [4.69, 9.17) is 11.6 Å². The highest BCUT2D eigenvalue weighted by atomic mass is 35.5. The first-order chi connectivity index (χ1) is 16.5. The lowest BCUT2D eigenvalue weighted by Gasteiger charge is -2.33. The van der Waals surface area contributed by atoms with Gasteiger partial charge in [-0.15, -0.1) is 0 Å². The molecule has 1 aromatic heterocycles. The number of allylic oxidation sites excluding steroid dienone is 1. The van der Waals surface area contributed by atoms with E-state index in [0.717, 1.165) is 66.7 Å². The Morgan fingerprint density at radius 2 is 1.85 bits per heavy atom. The minimum Gasteiger partial charge on any atom is -0.388 e. The molecule has 2 aromatic carbocycles. The topological polar surface area (TPSA) is 41.1 Å². The molecule has 1 fully saturated rings. The lowest BCUT2D eigenvalue weighted by Crippen LogP contribution is -2.39. The molecule has 0 radical (unpaired) electrons. The Labute approximate surface area is 209 Å². The van der Waals surface area contributed by atoms with Gasteiger partial charge in [0.2, 0.25) is 0 Å². The van der Waals surface area contributed by atoms with Gasteiger partial charge in [-0.3, -0.25) is 4.90 Å². The summed E-state index contributed by atoms with van der Waals surface area (Å²) in [6.45, 7) is 12.7. The molecule has 3 aromatic rings. The van der Waals surface area contributed by atoms with Crippen molar-refractivity contribution in [2.24, 2.45) is 5.92 Å². The second-order valence-electron chi connectivity index (χ2n) is 9.51. The van der Waals surface area contributed by atoms with E-state index in [1.54, 1.807) is 0 Å². The fourth-order valence-electron chi connectivity index (χ4n) is 4.54. The number of benzene rings is 2. The summed E-state index contributed by atoms with van der Waals surface area (Å²) in [6, 6.07) is 14.7. The molecule has 1 aliphatic heterocycles. The van der Waals surface area contributed by atoms with Crippen LogP contribution in [0.15, 0.2) is 67.1 Å². The first kappa shape index (κ1) is 24.4. The van der Waals surface area contributed by atoms with Gasteiger partial charge in [0.25, 0.3) is 0 Å². The number of nitrogens with one attached hydrogen (secondary N) is 1. The predicted octanol–water partition coefficient (Wildman–Crippen LogP) is 6.36. The summed E-state index contributed by atoms with van der Waals surface area (Å²) in [5, 5.41) is 4.43. The quantitative estimate of drug-likeness (QED) is 0.391. The molecule has 5 heteroatoms. The van der Waals surface area contributed by atoms with Gasteiger partial charge < -0.3 is 5.32 Å². The zero-order valence-corrected chi connectivity index (χ0v) is 21.1. The van der Waals surface area contributed by atoms with Crippen molar-refractivity contribution >= 4 is 11.6 Å². The third-order valence-corrected chi connectivity index (χ3v) is 7.17. The maximum Gasteiger partial charge on any atom is 0.128 e. The van der Waals surface area contributed by atoms with Crippen molar-refractivity contribution in [2.75, 3.05) is 19.6 Å². The molecule has 1 N–H and O–H groups in total. The summed E-state index contributed by atoms with van der Waals surface area (Å²) in [6.07, 6.45) is 7.98. The molecule has 2 heterocycles. The number of halogens is 1. The van der Waals surface area contributed by atoms with E-state index < -0.39 is 0 Å². The van der Waals surface area contributed by atoms with Gasteiger partial charge in [-0.25, -0.2) is 9.97 Å². The van der Waals surface area contributed by atoms with Gasteiger partial charge in [0.05, 0.1) is 0 Å². The van der Waals surface area contributed by atoms with Crippen LogP contribution < -0.4 is 5.32 Å². The Morgan fingerprint density at radius 3 is 2.62 bits per heavy atom. The molecule has 0 spiro atoms. The van der Waals surface area contributed by atoms with Gasteiger partial charge >= 0.3 is 0 Å². The van der Waals surface area contributed by atoms with Crippen LogP contribution >= 0.6 is 11.6 Å². The second kappa shape index (κ2) is 11.6. The number of aryl methyl sites for hydroxylation is 2. The highest BCUT2D eigenvalue weighted by molar-refractivity contribution is 6.31. The van der Waals surface area contributed by atoms with E-state index in [1.807, 2.05) is 18.5 Å². The molecule has 4 rings (SSSR count). The lowest BCUT2D eigenvalue weighted by molar-refractivity contribution is 0.166. The van der Waals surface area contributed by atoms with E-state index >= 15 is 0 Å². The van der Waals surface area contributed by atoms with E-state index in [1.165, 1.54) is 29.5 Å². The Balaban J connectivity index is 1.21. The third kappa shape index (κ3) is 6.68. The smallest absolute Gasteiger partial charge is 0.128 e. The molecule has 1 aliphatic rings. The second-order valence-corrected chi connectivity index (χ2v) is 9.91. The van der Waals surface area contributed by atoms with Crippen LogP contribution in [0.1, 0.15) is 41.8 Å². The highest BCUT2D eigenvalue weighted by Gasteiger charge is 2.20. The van der Waals surface area contributed by atoms with Crippen LogP contribution in [0, 0.1) is 19.8 Å². The lowest BCUT2D eigenvalue weighted by atomic mass is 9.97. The number of nitrogens with zero attached hydrogens (tertiary/aromatic N) is 3. The highest BCUT2D eigenvalue weighted by Crippen LogP contribution is 2.23. The van der Waals surface area contributed by atoms with E-state index in [2.05, 4.69) is 77.0 Å². The molecule has 0 aliphatic carbocycles. The zero-order valence-electron chi connectivity index (χ0n) is 20.4. The van der Waals surface area contributed by atoms with Gasteiger partial charge in [-0.05, 0) is 68.3 Å². The van der Waals surface area contributed by atoms with Crippen molar-refractivity contribution < 1.29 is 0 Å². The van der Waals surface area contributed by atoms with Gasteiger partial charge in [0, 0.05) is 54.7 Å². The van der Waals surface area contributed by atoms with Gasteiger partial charge in [0.1, 0.15) is 5.82 Å². The molecular weight excluding hydrogens is 440 g/mol. The molecular formula is C29H35ClN4. The van der Waals surface area contributed by atoms with Crippen LogP contribution in [-0.2, 0) is 13.0 Å². The molecule has 0 saturated carbocycles. The Morgan fingerprint density at radius 1 is 1.09 bits per heavy atom. The van der Waals surface area contributed by atoms with Crippen LogP contribution in [-0.4, -0.2) is 34.5 Å². The Kier molecular flexibility index (Phi) is 8.36. The summed E-state index contributed by atoms with van der Waals surface area (Å²) < 4.78 is 0. The average molecular weight is 475 g/mol. The van der Waals surface area contributed by atoms with Gasteiger partial charge in [0.15, 0.2) is 0 Å². The average Bonchev–Trinajstić information content (AvgIpc) is 2.85. The van der Waals surface area contributed by atoms with E-state index in [-0.39, 0.29) is 0 Å². The molecule has 0 bridgehead atoms. The number of likely N-dealkylation sites (tertiary alicyclic amines) is 1. The maximum atomic E-state index is 6.31. The van der Waals surface area contributed by atoms with Crippen LogP contribution in [0.25, 0.3) is 11.1 Å². The number of piperidine rings is 1. The fourth-order valence-corrected chi connectivity index (χ4v) is 4.74. The van der Waals surface area contributed by atoms with Crippen molar-refractivity contribution in [3.05, 3.63) is 94.7 Å². The fraction of sp³-hybridized carbons (Fsp3) is 0.379. The first-order valence-corrected chi connectivity index (χ1v) is 12.6. The van der Waals surface area contributed by atoms with Crippen LogP contribution in [0.3, 0.4) is 0 Å². The Hall–Kier alpha value is -2.69. The largest absolute Gasteiger partial charge is 0.388 e. The number of hydrogen-bond donors (Lipinski definition) is 1. The normalized spacial score (nSPS) is 16.4. The maximum absolute atomic E-state index is 6.31. The van der Waals surface area contributed by atoms with Crippen molar-refractivity contribution in [3.63, 3.8) is 0 Å². The minimum absolute atomic E-state index is 0.634. The summed E-state index contributed by atoms with van der Waals surface area (Å²) in [5.74, 6) is 1.49. The van der Waals surface area contributed by atoms with Crippen LogP contribution in [0.5, 0.6) is 0 Å². The summed E-state index contributed by atoms with van der Waals surface area (Å²) in [4.78, 5) is 11.7. The van der Waals surface area contributed by atoms with E-state index in [9.17, 15) is 0 Å². The van der Waals surface area contributed by atoms with Crippen molar-refractivity contribution in [1.29, 1.82) is 0 Å². The van der Waals surface area contributed by atoms with Gasteiger partial charge in [-0.1, -0.05) is 60.1 Å². The monoisotopic (exact) mass is 474 g/mol. The molecule has 178 valence electrons. The number of rotatable bonds is 9.